The van der Waals surface area contributed by atoms with Gasteiger partial charge in [0.2, 0.25) is 5.95 Å². The summed E-state index contributed by atoms with van der Waals surface area (Å²) in [5.41, 5.74) is 13.9. The van der Waals surface area contributed by atoms with Gasteiger partial charge in [-0.3, -0.25) is 0 Å². The van der Waals surface area contributed by atoms with Crippen LogP contribution in [0.4, 0.5) is 11.6 Å². The third-order valence-corrected chi connectivity index (χ3v) is 10.5. The zero-order chi connectivity index (χ0) is 29.1. The van der Waals surface area contributed by atoms with Gasteiger partial charge >= 0.3 is 0 Å². The third kappa shape index (κ3) is 3.20. The quantitative estimate of drug-likeness (QED) is 0.213. The van der Waals surface area contributed by atoms with E-state index in [1.807, 2.05) is 0 Å². The Morgan fingerprint density at radius 2 is 1.30 bits per heavy atom. The number of anilines is 2. The van der Waals surface area contributed by atoms with Crippen molar-refractivity contribution in [2.75, 3.05) is 4.90 Å². The Kier molecular flexibility index (Phi) is 4.85. The fraction of sp³-hybridized carbons (Fsp3) is 0.200. The molecule has 1 aromatic heterocycles. The Bertz CT molecular complexity index is 2110. The minimum Gasteiger partial charge on any atom is -0.302 e. The summed E-state index contributed by atoms with van der Waals surface area (Å²) < 4.78 is 0. The smallest absolute Gasteiger partial charge is 0.231 e. The molecule has 2 heterocycles. The number of rotatable bonds is 2. The fourth-order valence-corrected chi connectivity index (χ4v) is 8.51. The molecule has 6 aromatic rings. The van der Waals surface area contributed by atoms with Crippen LogP contribution in [0.25, 0.3) is 33.3 Å². The molecule has 0 fully saturated rings. The van der Waals surface area contributed by atoms with Crippen molar-refractivity contribution in [1.29, 1.82) is 0 Å². The van der Waals surface area contributed by atoms with Crippen molar-refractivity contribution in [3.63, 3.8) is 0 Å². The lowest BCUT2D eigenvalue weighted by molar-refractivity contribution is 0.419. The van der Waals surface area contributed by atoms with E-state index in [0.717, 1.165) is 28.1 Å². The topological polar surface area (TPSA) is 29.0 Å². The summed E-state index contributed by atoms with van der Waals surface area (Å²) >= 11 is 0. The zero-order valence-electron chi connectivity index (χ0n) is 25.0. The highest BCUT2D eigenvalue weighted by Gasteiger charge is 2.56. The van der Waals surface area contributed by atoms with Crippen molar-refractivity contribution in [3.8, 4) is 22.4 Å². The predicted octanol–water partition coefficient (Wildman–Crippen LogP) is 9.87. The number of hydrogen-bond acceptors (Lipinski definition) is 3. The van der Waals surface area contributed by atoms with Crippen LogP contribution in [-0.2, 0) is 10.8 Å². The number of fused-ring (bicyclic) bond motifs is 9. The maximum Gasteiger partial charge on any atom is 0.231 e. The first-order valence-corrected chi connectivity index (χ1v) is 15.3. The molecular formula is C40H33N3. The van der Waals surface area contributed by atoms with E-state index in [1.54, 1.807) is 0 Å². The van der Waals surface area contributed by atoms with E-state index < -0.39 is 0 Å². The van der Waals surface area contributed by atoms with Crippen molar-refractivity contribution < 1.29 is 0 Å². The van der Waals surface area contributed by atoms with E-state index in [1.165, 1.54) is 44.6 Å². The molecule has 3 heteroatoms. The second-order valence-electron chi connectivity index (χ2n) is 13.5. The molecule has 9 rings (SSSR count). The minimum absolute atomic E-state index is 0.0499. The average Bonchev–Trinajstić information content (AvgIpc) is 3.58. The van der Waals surface area contributed by atoms with Gasteiger partial charge in [0, 0.05) is 28.0 Å². The second-order valence-corrected chi connectivity index (χ2v) is 13.5. The summed E-state index contributed by atoms with van der Waals surface area (Å²) in [6, 6.07) is 42.1. The predicted molar refractivity (Wildman–Crippen MR) is 176 cm³/mol. The molecule has 0 radical (unpaired) electrons. The van der Waals surface area contributed by atoms with Crippen molar-refractivity contribution in [1.82, 2.24) is 9.97 Å². The van der Waals surface area contributed by atoms with Crippen molar-refractivity contribution in [3.05, 3.63) is 143 Å². The molecule has 43 heavy (non-hydrogen) atoms. The Balaban J connectivity index is 1.35. The van der Waals surface area contributed by atoms with Gasteiger partial charge in [0.1, 0.15) is 0 Å². The van der Waals surface area contributed by atoms with Crippen LogP contribution >= 0.6 is 0 Å². The summed E-state index contributed by atoms with van der Waals surface area (Å²) in [5.74, 6) is 1.04. The van der Waals surface area contributed by atoms with Crippen LogP contribution in [0.3, 0.4) is 0 Å². The van der Waals surface area contributed by atoms with Crippen LogP contribution < -0.4 is 4.90 Å². The van der Waals surface area contributed by atoms with Gasteiger partial charge in [0.05, 0.1) is 17.3 Å². The number of nitrogens with zero attached hydrogens (tertiary/aromatic N) is 3. The summed E-state index contributed by atoms with van der Waals surface area (Å²) in [6.45, 7) is 9.57. The van der Waals surface area contributed by atoms with Crippen molar-refractivity contribution in [2.45, 2.75) is 50.5 Å². The molecule has 208 valence electrons. The number of aromatic nitrogens is 2. The SMILES string of the molecule is CC1(C)c2ccccc2-c2cc3c(cc21)N(c1nc(-c2ccccc2)c2ccccc2n1)C1c2ccccc2C(C)(C)C31. The molecule has 0 amide bonds. The lowest BCUT2D eigenvalue weighted by Crippen LogP contribution is -2.26. The average molecular weight is 556 g/mol. The third-order valence-electron chi connectivity index (χ3n) is 10.5. The zero-order valence-corrected chi connectivity index (χ0v) is 25.0. The van der Waals surface area contributed by atoms with E-state index >= 15 is 0 Å². The van der Waals surface area contributed by atoms with Crippen LogP contribution in [0, 0.1) is 0 Å². The second kappa shape index (κ2) is 8.41. The van der Waals surface area contributed by atoms with Crippen LogP contribution in [-0.4, -0.2) is 9.97 Å². The summed E-state index contributed by atoms with van der Waals surface area (Å²) in [7, 11) is 0. The molecule has 2 atom stereocenters. The molecule has 0 saturated heterocycles. The molecule has 2 aliphatic carbocycles. The first-order chi connectivity index (χ1) is 20.9. The van der Waals surface area contributed by atoms with Gasteiger partial charge in [-0.05, 0) is 62.6 Å². The first kappa shape index (κ1) is 24.8. The minimum atomic E-state index is -0.0861. The van der Waals surface area contributed by atoms with Gasteiger partial charge in [0.25, 0.3) is 0 Å². The largest absolute Gasteiger partial charge is 0.302 e. The summed E-state index contributed by atoms with van der Waals surface area (Å²) in [4.78, 5) is 13.2. The van der Waals surface area contributed by atoms with Crippen molar-refractivity contribution >= 4 is 22.5 Å². The summed E-state index contributed by atoms with van der Waals surface area (Å²) in [6.07, 6.45) is 0. The Hall–Kier alpha value is -4.76. The molecule has 2 unspecified atom stereocenters. The van der Waals surface area contributed by atoms with Crippen LogP contribution in [0.15, 0.2) is 115 Å². The number of benzene rings is 5. The van der Waals surface area contributed by atoms with Gasteiger partial charge in [-0.15, -0.1) is 0 Å². The van der Waals surface area contributed by atoms with Crippen LogP contribution in [0.2, 0.25) is 0 Å². The lowest BCUT2D eigenvalue weighted by atomic mass is 9.74. The summed E-state index contributed by atoms with van der Waals surface area (Å²) in [5, 5.41) is 1.08. The van der Waals surface area contributed by atoms with Crippen LogP contribution in [0.1, 0.15) is 67.5 Å². The fourth-order valence-electron chi connectivity index (χ4n) is 8.51. The molecule has 0 spiro atoms. The molecule has 1 aliphatic heterocycles. The van der Waals surface area contributed by atoms with Gasteiger partial charge in [-0.1, -0.05) is 125 Å². The number of para-hydroxylation sites is 1. The maximum absolute atomic E-state index is 5.42. The van der Waals surface area contributed by atoms with E-state index in [-0.39, 0.29) is 22.8 Å². The molecule has 0 N–H and O–H groups in total. The molecule has 0 bridgehead atoms. The van der Waals surface area contributed by atoms with Gasteiger partial charge in [-0.2, -0.15) is 0 Å². The first-order valence-electron chi connectivity index (χ1n) is 15.3. The highest BCUT2D eigenvalue weighted by molar-refractivity contribution is 5.94. The van der Waals surface area contributed by atoms with E-state index in [0.29, 0.717) is 0 Å². The van der Waals surface area contributed by atoms with Crippen molar-refractivity contribution in [2.24, 2.45) is 0 Å². The van der Waals surface area contributed by atoms with E-state index in [2.05, 4.69) is 148 Å². The van der Waals surface area contributed by atoms with Gasteiger partial charge in [-0.25, -0.2) is 9.97 Å². The molecule has 3 nitrogen and oxygen atoms in total. The number of hydrogen-bond donors (Lipinski definition) is 0. The Labute approximate surface area is 252 Å². The standard InChI is InChI=1S/C40H33N3/c1-39(2)30-19-11-8-16-25(30)28-22-29-34(23-32(28)39)43(37-26-17-9-12-20-31(26)40(3,4)35(29)37)38-41-33-21-13-10-18-27(33)36(42-38)24-14-6-5-7-15-24/h5-23,35,37H,1-4H3. The lowest BCUT2D eigenvalue weighted by Gasteiger charge is -2.29. The van der Waals surface area contributed by atoms with Crippen LogP contribution in [0.5, 0.6) is 0 Å². The van der Waals surface area contributed by atoms with E-state index in [4.69, 9.17) is 9.97 Å². The van der Waals surface area contributed by atoms with Gasteiger partial charge in [0.15, 0.2) is 0 Å². The maximum atomic E-state index is 5.42. The molecule has 5 aromatic carbocycles. The molecule has 0 saturated carbocycles. The highest BCUT2D eigenvalue weighted by atomic mass is 15.3. The van der Waals surface area contributed by atoms with E-state index in [9.17, 15) is 0 Å². The normalized spacial score (nSPS) is 20.0. The molecular weight excluding hydrogens is 522 g/mol. The Morgan fingerprint density at radius 3 is 2.14 bits per heavy atom. The monoisotopic (exact) mass is 555 g/mol. The Morgan fingerprint density at radius 1 is 0.605 bits per heavy atom. The van der Waals surface area contributed by atoms with Gasteiger partial charge < -0.3 is 4.90 Å². The molecule has 3 aliphatic rings. The highest BCUT2D eigenvalue weighted by Crippen LogP contribution is 2.66.